The van der Waals surface area contributed by atoms with Gasteiger partial charge in [0, 0.05) is 49.7 Å². The molecule has 7 heteroatoms. The van der Waals surface area contributed by atoms with Crippen molar-refractivity contribution < 1.29 is 0 Å². The average molecular weight is 381 g/mol. The third kappa shape index (κ3) is 2.89. The zero-order valence-corrected chi connectivity index (χ0v) is 15.7. The van der Waals surface area contributed by atoms with E-state index >= 15 is 0 Å². The first-order valence-corrected chi connectivity index (χ1v) is 9.65. The summed E-state index contributed by atoms with van der Waals surface area (Å²) in [5.74, 6) is 0. The third-order valence-electron chi connectivity index (χ3n) is 5.70. The number of pyridine rings is 1. The van der Waals surface area contributed by atoms with Gasteiger partial charge in [0.1, 0.15) is 0 Å². The molecule has 0 amide bonds. The predicted molar refractivity (Wildman–Crippen MR) is 108 cm³/mol. The summed E-state index contributed by atoms with van der Waals surface area (Å²) < 4.78 is 0. The number of nitrogens with one attached hydrogen (secondary N) is 1. The minimum atomic E-state index is 0.237. The number of rotatable bonds is 3. The maximum Gasteiger partial charge on any atom is 0.0901 e. The minimum Gasteiger partial charge on any atom is -0.396 e. The summed E-state index contributed by atoms with van der Waals surface area (Å²) in [7, 11) is 0. The Morgan fingerprint density at radius 2 is 1.89 bits per heavy atom. The standard InChI is InChI=1S/C20H21ClN6/c21-14-11-16-15(25-5-6-26-16)9-13(14)10-17-19(22)18(1-4-24-17)27-8-7-23-12-20(27)2-3-20/h1,4-6,9,11,23H,2-3,7-8,10,12,22H2. The highest BCUT2D eigenvalue weighted by Crippen LogP contribution is 2.46. The number of aromatic nitrogens is 3. The zero-order valence-electron chi connectivity index (χ0n) is 15.0. The Labute approximate surface area is 162 Å². The van der Waals surface area contributed by atoms with E-state index in [4.69, 9.17) is 17.3 Å². The van der Waals surface area contributed by atoms with Crippen LogP contribution < -0.4 is 16.0 Å². The second-order valence-electron chi connectivity index (χ2n) is 7.41. The molecule has 3 aromatic rings. The van der Waals surface area contributed by atoms with E-state index in [2.05, 4.69) is 25.2 Å². The van der Waals surface area contributed by atoms with Crippen LogP contribution in [0.25, 0.3) is 11.0 Å². The van der Waals surface area contributed by atoms with E-state index < -0.39 is 0 Å². The van der Waals surface area contributed by atoms with Crippen molar-refractivity contribution in [1.29, 1.82) is 0 Å². The van der Waals surface area contributed by atoms with Crippen molar-refractivity contribution in [2.24, 2.45) is 0 Å². The van der Waals surface area contributed by atoms with E-state index in [-0.39, 0.29) is 5.54 Å². The molecule has 0 unspecified atom stereocenters. The van der Waals surface area contributed by atoms with Crippen LogP contribution >= 0.6 is 11.6 Å². The minimum absolute atomic E-state index is 0.237. The largest absolute Gasteiger partial charge is 0.396 e. The average Bonchev–Trinajstić information content (AvgIpc) is 3.44. The molecule has 0 bridgehead atoms. The molecule has 2 aliphatic rings. The van der Waals surface area contributed by atoms with Gasteiger partial charge >= 0.3 is 0 Å². The predicted octanol–water partition coefficient (Wildman–Crippen LogP) is 2.79. The van der Waals surface area contributed by atoms with E-state index in [1.54, 1.807) is 12.4 Å². The van der Waals surface area contributed by atoms with Crippen molar-refractivity contribution in [3.05, 3.63) is 53.1 Å². The molecule has 1 aromatic carbocycles. The number of anilines is 2. The number of nitrogens with two attached hydrogens (primary N) is 1. The van der Waals surface area contributed by atoms with Gasteiger partial charge in [0.15, 0.2) is 0 Å². The monoisotopic (exact) mass is 380 g/mol. The van der Waals surface area contributed by atoms with Crippen LogP contribution in [0.1, 0.15) is 24.1 Å². The first-order valence-electron chi connectivity index (χ1n) is 9.27. The summed E-state index contributed by atoms with van der Waals surface area (Å²) >= 11 is 6.49. The summed E-state index contributed by atoms with van der Waals surface area (Å²) in [6.45, 7) is 2.98. The van der Waals surface area contributed by atoms with Crippen LogP contribution in [0.15, 0.2) is 36.8 Å². The van der Waals surface area contributed by atoms with Crippen LogP contribution in [0.2, 0.25) is 5.02 Å². The Bertz CT molecular complexity index is 1020. The van der Waals surface area contributed by atoms with Gasteiger partial charge < -0.3 is 16.0 Å². The first-order chi connectivity index (χ1) is 13.2. The van der Waals surface area contributed by atoms with Gasteiger partial charge in [-0.1, -0.05) is 11.6 Å². The molecule has 0 radical (unpaired) electrons. The Hall–Kier alpha value is -2.44. The Morgan fingerprint density at radius 3 is 2.67 bits per heavy atom. The first kappa shape index (κ1) is 16.7. The molecule has 5 rings (SSSR count). The normalized spacial score (nSPS) is 18.2. The van der Waals surface area contributed by atoms with E-state index in [9.17, 15) is 0 Å². The number of nitrogen functional groups attached to an aromatic ring is 1. The van der Waals surface area contributed by atoms with Gasteiger partial charge in [-0.25, -0.2) is 0 Å². The van der Waals surface area contributed by atoms with Gasteiger partial charge in [0.2, 0.25) is 0 Å². The van der Waals surface area contributed by atoms with Gasteiger partial charge in [0.05, 0.1) is 33.6 Å². The lowest BCUT2D eigenvalue weighted by atomic mass is 10.0. The summed E-state index contributed by atoms with van der Waals surface area (Å²) in [6, 6.07) is 5.87. The molecule has 2 fully saturated rings. The lowest BCUT2D eigenvalue weighted by Gasteiger charge is -2.39. The number of nitrogens with zero attached hydrogens (tertiary/aromatic N) is 4. The molecule has 1 aliphatic carbocycles. The molecule has 3 heterocycles. The maximum absolute atomic E-state index is 6.58. The second-order valence-corrected chi connectivity index (χ2v) is 7.82. The fourth-order valence-corrected chi connectivity index (χ4v) is 4.26. The summed E-state index contributed by atoms with van der Waals surface area (Å²) in [6.07, 6.45) is 8.21. The van der Waals surface area contributed by atoms with Gasteiger partial charge in [-0.05, 0) is 36.6 Å². The molecule has 1 aliphatic heterocycles. The molecule has 1 spiro atoms. The molecule has 6 nitrogen and oxygen atoms in total. The lowest BCUT2D eigenvalue weighted by Crippen LogP contribution is -2.53. The van der Waals surface area contributed by atoms with E-state index in [1.165, 1.54) is 12.8 Å². The van der Waals surface area contributed by atoms with Crippen molar-refractivity contribution in [3.8, 4) is 0 Å². The number of hydrogen-bond acceptors (Lipinski definition) is 6. The zero-order chi connectivity index (χ0) is 18.4. The molecule has 27 heavy (non-hydrogen) atoms. The number of benzene rings is 1. The topological polar surface area (TPSA) is 80.0 Å². The van der Waals surface area contributed by atoms with Crippen LogP contribution in [0.4, 0.5) is 11.4 Å². The molecule has 2 aromatic heterocycles. The highest BCUT2D eigenvalue weighted by molar-refractivity contribution is 6.32. The van der Waals surface area contributed by atoms with Crippen molar-refractivity contribution in [3.63, 3.8) is 0 Å². The maximum atomic E-state index is 6.58. The molecular weight excluding hydrogens is 360 g/mol. The fourth-order valence-electron chi connectivity index (χ4n) is 4.04. The Morgan fingerprint density at radius 1 is 1.11 bits per heavy atom. The number of hydrogen-bond donors (Lipinski definition) is 2. The van der Waals surface area contributed by atoms with E-state index in [0.717, 1.165) is 53.3 Å². The summed E-state index contributed by atoms with van der Waals surface area (Å²) in [5.41, 5.74) is 12.1. The van der Waals surface area contributed by atoms with Gasteiger partial charge in [-0.3, -0.25) is 15.0 Å². The van der Waals surface area contributed by atoms with Gasteiger partial charge in [0.25, 0.3) is 0 Å². The highest BCUT2D eigenvalue weighted by atomic mass is 35.5. The summed E-state index contributed by atoms with van der Waals surface area (Å²) in [4.78, 5) is 15.7. The highest BCUT2D eigenvalue weighted by Gasteiger charge is 2.49. The molecule has 1 saturated heterocycles. The van der Waals surface area contributed by atoms with Gasteiger partial charge in [-0.2, -0.15) is 0 Å². The van der Waals surface area contributed by atoms with Crippen LogP contribution in [0.3, 0.4) is 0 Å². The number of piperazine rings is 1. The van der Waals surface area contributed by atoms with Crippen LogP contribution in [0, 0.1) is 0 Å². The fraction of sp³-hybridized carbons (Fsp3) is 0.350. The Balaban J connectivity index is 1.50. The molecular formula is C20H21ClN6. The summed E-state index contributed by atoms with van der Waals surface area (Å²) in [5, 5.41) is 4.17. The molecule has 1 saturated carbocycles. The van der Waals surface area contributed by atoms with Crippen molar-refractivity contribution in [2.75, 3.05) is 30.3 Å². The third-order valence-corrected chi connectivity index (χ3v) is 6.05. The lowest BCUT2D eigenvalue weighted by molar-refractivity contribution is 0.464. The smallest absolute Gasteiger partial charge is 0.0901 e. The van der Waals surface area contributed by atoms with Crippen molar-refractivity contribution in [2.45, 2.75) is 24.8 Å². The number of fused-ring (bicyclic) bond motifs is 1. The van der Waals surface area contributed by atoms with Crippen LogP contribution in [-0.4, -0.2) is 40.1 Å². The molecule has 138 valence electrons. The quantitative estimate of drug-likeness (QED) is 0.727. The molecule has 0 atom stereocenters. The SMILES string of the molecule is Nc1c(N2CCNCC23CC3)ccnc1Cc1cc2nccnc2cc1Cl. The van der Waals surface area contributed by atoms with Crippen LogP contribution in [0.5, 0.6) is 0 Å². The van der Waals surface area contributed by atoms with Crippen molar-refractivity contribution >= 4 is 34.0 Å². The van der Waals surface area contributed by atoms with Crippen LogP contribution in [-0.2, 0) is 6.42 Å². The Kier molecular flexibility index (Phi) is 3.91. The van der Waals surface area contributed by atoms with E-state index in [0.29, 0.717) is 11.4 Å². The molecule has 3 N–H and O–H groups in total. The number of halogens is 1. The second kappa shape index (κ2) is 6.32. The van der Waals surface area contributed by atoms with Gasteiger partial charge in [-0.15, -0.1) is 0 Å². The van der Waals surface area contributed by atoms with E-state index in [1.807, 2.05) is 24.4 Å². The van der Waals surface area contributed by atoms with Crippen molar-refractivity contribution in [1.82, 2.24) is 20.3 Å².